The number of carboxylic acids is 1. The molecule has 22 heavy (non-hydrogen) atoms. The molecule has 0 saturated carbocycles. The van der Waals surface area contributed by atoms with Crippen LogP contribution in [0.2, 0.25) is 0 Å². The minimum atomic E-state index is -4.50. The number of aromatic nitrogens is 2. The number of aromatic carboxylic acids is 1. The SMILES string of the molecule is O=C(O)c1ccc2cc(-n3nccc3C(F)(F)F)ccc2c1. The third-order valence-corrected chi connectivity index (χ3v) is 3.25. The fourth-order valence-electron chi connectivity index (χ4n) is 2.22. The van der Waals surface area contributed by atoms with Crippen LogP contribution in [0.15, 0.2) is 48.7 Å². The first kappa shape index (κ1) is 14.1. The van der Waals surface area contributed by atoms with Crippen LogP contribution in [0, 0.1) is 0 Å². The van der Waals surface area contributed by atoms with Crippen molar-refractivity contribution in [2.75, 3.05) is 0 Å². The van der Waals surface area contributed by atoms with Crippen LogP contribution in [0.3, 0.4) is 0 Å². The lowest BCUT2D eigenvalue weighted by Gasteiger charge is -2.11. The third-order valence-electron chi connectivity index (χ3n) is 3.25. The number of alkyl halides is 3. The van der Waals surface area contributed by atoms with E-state index in [0.717, 1.165) is 16.9 Å². The van der Waals surface area contributed by atoms with Gasteiger partial charge >= 0.3 is 12.1 Å². The van der Waals surface area contributed by atoms with Crippen LogP contribution in [-0.4, -0.2) is 20.9 Å². The molecule has 7 heteroatoms. The normalized spacial score (nSPS) is 11.8. The minimum absolute atomic E-state index is 0.121. The molecule has 0 bridgehead atoms. The summed E-state index contributed by atoms with van der Waals surface area (Å²) in [5.41, 5.74) is -0.489. The van der Waals surface area contributed by atoms with Gasteiger partial charge in [0.2, 0.25) is 0 Å². The number of nitrogens with zero attached hydrogens (tertiary/aromatic N) is 2. The van der Waals surface area contributed by atoms with E-state index in [1.807, 2.05) is 0 Å². The van der Waals surface area contributed by atoms with Crippen molar-refractivity contribution in [3.05, 3.63) is 59.9 Å². The number of fused-ring (bicyclic) bond motifs is 1. The number of hydrogen-bond donors (Lipinski definition) is 1. The molecule has 112 valence electrons. The maximum Gasteiger partial charge on any atom is 0.433 e. The Hall–Kier alpha value is -2.83. The summed E-state index contributed by atoms with van der Waals surface area (Å²) in [5, 5.41) is 13.9. The van der Waals surface area contributed by atoms with Gasteiger partial charge in [-0.05, 0) is 41.1 Å². The monoisotopic (exact) mass is 306 g/mol. The van der Waals surface area contributed by atoms with E-state index in [2.05, 4.69) is 5.10 Å². The van der Waals surface area contributed by atoms with Crippen molar-refractivity contribution in [2.24, 2.45) is 0 Å². The van der Waals surface area contributed by atoms with Crippen LogP contribution >= 0.6 is 0 Å². The van der Waals surface area contributed by atoms with Crippen molar-refractivity contribution in [1.82, 2.24) is 9.78 Å². The zero-order valence-electron chi connectivity index (χ0n) is 11.0. The van der Waals surface area contributed by atoms with Gasteiger partial charge in [-0.2, -0.15) is 18.3 Å². The molecule has 3 rings (SSSR count). The summed E-state index contributed by atoms with van der Waals surface area (Å²) in [6.07, 6.45) is -3.42. The average molecular weight is 306 g/mol. The largest absolute Gasteiger partial charge is 0.478 e. The fourth-order valence-corrected chi connectivity index (χ4v) is 2.22. The second kappa shape index (κ2) is 4.87. The minimum Gasteiger partial charge on any atom is -0.478 e. The van der Waals surface area contributed by atoms with Crippen molar-refractivity contribution in [1.29, 1.82) is 0 Å². The maximum absolute atomic E-state index is 12.9. The van der Waals surface area contributed by atoms with Crippen LogP contribution in [-0.2, 0) is 6.18 Å². The highest BCUT2D eigenvalue weighted by atomic mass is 19.4. The quantitative estimate of drug-likeness (QED) is 0.784. The van der Waals surface area contributed by atoms with Crippen molar-refractivity contribution in [3.63, 3.8) is 0 Å². The van der Waals surface area contributed by atoms with Crippen LogP contribution < -0.4 is 0 Å². The molecule has 1 heterocycles. The third kappa shape index (κ3) is 2.41. The molecule has 0 aliphatic rings. The first-order chi connectivity index (χ1) is 10.4. The molecule has 0 saturated heterocycles. The van der Waals surface area contributed by atoms with Gasteiger partial charge in [0.1, 0.15) is 5.69 Å². The van der Waals surface area contributed by atoms with E-state index < -0.39 is 17.8 Å². The van der Waals surface area contributed by atoms with Crippen molar-refractivity contribution >= 4 is 16.7 Å². The number of benzene rings is 2. The molecule has 0 radical (unpaired) electrons. The summed E-state index contributed by atoms with van der Waals surface area (Å²) in [7, 11) is 0. The number of carboxylic acid groups (broad SMARTS) is 1. The molecule has 0 aliphatic carbocycles. The van der Waals surface area contributed by atoms with Gasteiger partial charge < -0.3 is 5.11 Å². The van der Waals surface area contributed by atoms with Crippen molar-refractivity contribution in [2.45, 2.75) is 6.18 Å². The highest BCUT2D eigenvalue weighted by Gasteiger charge is 2.35. The van der Waals surface area contributed by atoms with Gasteiger partial charge in [0.05, 0.1) is 17.4 Å². The van der Waals surface area contributed by atoms with Crippen LogP contribution in [0.1, 0.15) is 16.1 Å². The molecular weight excluding hydrogens is 297 g/mol. The Morgan fingerprint density at radius 2 is 1.73 bits per heavy atom. The van der Waals surface area contributed by atoms with Crippen LogP contribution in [0.4, 0.5) is 13.2 Å². The average Bonchev–Trinajstić information content (AvgIpc) is 2.95. The molecular formula is C15H9F3N2O2. The molecule has 3 aromatic rings. The Labute approximate surface area is 122 Å². The molecule has 0 fully saturated rings. The number of carbonyl (C=O) groups is 1. The second-order valence-corrected chi connectivity index (χ2v) is 4.68. The smallest absolute Gasteiger partial charge is 0.433 e. The van der Waals surface area contributed by atoms with Gasteiger partial charge in [0.25, 0.3) is 0 Å². The first-order valence-corrected chi connectivity index (χ1v) is 6.25. The van der Waals surface area contributed by atoms with E-state index in [1.54, 1.807) is 12.1 Å². The highest BCUT2D eigenvalue weighted by molar-refractivity contribution is 5.94. The number of rotatable bonds is 2. The van der Waals surface area contributed by atoms with E-state index in [1.165, 1.54) is 24.3 Å². The number of hydrogen-bond acceptors (Lipinski definition) is 2. The van der Waals surface area contributed by atoms with Gasteiger partial charge in [-0.3, -0.25) is 0 Å². The Kier molecular flexibility index (Phi) is 3.13. The van der Waals surface area contributed by atoms with E-state index in [4.69, 9.17) is 5.11 Å². The lowest BCUT2D eigenvalue weighted by atomic mass is 10.1. The lowest BCUT2D eigenvalue weighted by Crippen LogP contribution is -2.13. The summed E-state index contributed by atoms with van der Waals surface area (Å²) in [6, 6.07) is 9.90. The molecule has 0 atom stereocenters. The topological polar surface area (TPSA) is 55.1 Å². The maximum atomic E-state index is 12.9. The molecule has 4 nitrogen and oxygen atoms in total. The summed E-state index contributed by atoms with van der Waals surface area (Å²) >= 11 is 0. The standard InChI is InChI=1S/C15H9F3N2O2/c16-15(17,18)13-5-6-19-20(13)12-4-3-9-7-11(14(21)22)2-1-10(9)8-12/h1-8H,(H,21,22). The van der Waals surface area contributed by atoms with Crippen LogP contribution in [0.25, 0.3) is 16.5 Å². The van der Waals surface area contributed by atoms with Crippen molar-refractivity contribution in [3.8, 4) is 5.69 Å². The Morgan fingerprint density at radius 3 is 2.41 bits per heavy atom. The van der Waals surface area contributed by atoms with E-state index >= 15 is 0 Å². The zero-order valence-corrected chi connectivity index (χ0v) is 11.0. The Bertz CT molecular complexity index is 869. The highest BCUT2D eigenvalue weighted by Crippen LogP contribution is 2.31. The zero-order chi connectivity index (χ0) is 15.9. The molecule has 1 N–H and O–H groups in total. The van der Waals surface area contributed by atoms with E-state index in [9.17, 15) is 18.0 Å². The summed E-state index contributed by atoms with van der Waals surface area (Å²) in [6.45, 7) is 0. The Balaban J connectivity index is 2.12. The van der Waals surface area contributed by atoms with Crippen LogP contribution in [0.5, 0.6) is 0 Å². The van der Waals surface area contributed by atoms with Gasteiger partial charge in [-0.1, -0.05) is 12.1 Å². The summed E-state index contributed by atoms with van der Waals surface area (Å²) in [4.78, 5) is 10.9. The Morgan fingerprint density at radius 1 is 1.05 bits per heavy atom. The van der Waals surface area contributed by atoms with Gasteiger partial charge in [-0.25, -0.2) is 9.48 Å². The lowest BCUT2D eigenvalue weighted by molar-refractivity contribution is -0.142. The van der Waals surface area contributed by atoms with Gasteiger partial charge in [0.15, 0.2) is 0 Å². The molecule has 2 aromatic carbocycles. The molecule has 1 aromatic heterocycles. The number of halogens is 3. The van der Waals surface area contributed by atoms with E-state index in [0.29, 0.717) is 10.8 Å². The molecule has 0 amide bonds. The summed E-state index contributed by atoms with van der Waals surface area (Å²) < 4.78 is 39.5. The van der Waals surface area contributed by atoms with Crippen molar-refractivity contribution < 1.29 is 23.1 Å². The molecule has 0 unspecified atom stereocenters. The molecule has 0 aliphatic heterocycles. The first-order valence-electron chi connectivity index (χ1n) is 6.25. The summed E-state index contributed by atoms with van der Waals surface area (Å²) in [5.74, 6) is -1.06. The van der Waals surface area contributed by atoms with Gasteiger partial charge in [0, 0.05) is 0 Å². The predicted molar refractivity (Wildman–Crippen MR) is 73.0 cm³/mol. The van der Waals surface area contributed by atoms with Gasteiger partial charge in [-0.15, -0.1) is 0 Å². The second-order valence-electron chi connectivity index (χ2n) is 4.68. The molecule has 0 spiro atoms. The fraction of sp³-hybridized carbons (Fsp3) is 0.0667. The predicted octanol–water partition coefficient (Wildman–Crippen LogP) is 3.74. The van der Waals surface area contributed by atoms with E-state index in [-0.39, 0.29) is 11.3 Å².